The summed E-state index contributed by atoms with van der Waals surface area (Å²) in [6, 6.07) is 20.6. The van der Waals surface area contributed by atoms with E-state index in [2.05, 4.69) is 93.5 Å². The van der Waals surface area contributed by atoms with Gasteiger partial charge in [-0.2, -0.15) is 0 Å². The van der Waals surface area contributed by atoms with Gasteiger partial charge in [0.05, 0.1) is 11.4 Å². The van der Waals surface area contributed by atoms with Gasteiger partial charge in [-0.05, 0) is 95.5 Å². The second kappa shape index (κ2) is 20.1. The van der Waals surface area contributed by atoms with Crippen LogP contribution in [0.15, 0.2) is 70.6 Å². The zero-order valence-electron chi connectivity index (χ0n) is 33.3. The van der Waals surface area contributed by atoms with Crippen molar-refractivity contribution in [2.45, 2.75) is 107 Å². The van der Waals surface area contributed by atoms with E-state index in [0.717, 1.165) is 48.6 Å². The number of carbonyl (C=O) groups excluding carboxylic acids is 2. The molecule has 0 amide bonds. The van der Waals surface area contributed by atoms with Crippen LogP contribution in [-0.4, -0.2) is 34.6 Å². The number of aromatic hydroxyl groups is 2. The number of aliphatic imine (C=N–C) groups is 2. The monoisotopic (exact) mass is 767 g/mol. The first-order valence-corrected chi connectivity index (χ1v) is 17.7. The van der Waals surface area contributed by atoms with Gasteiger partial charge in [0, 0.05) is 46.6 Å². The van der Waals surface area contributed by atoms with Crippen LogP contribution in [0.3, 0.4) is 0 Å². The summed E-state index contributed by atoms with van der Waals surface area (Å²) < 4.78 is 0. The Morgan fingerprint density at radius 2 is 0.943 bits per heavy atom. The van der Waals surface area contributed by atoms with Crippen molar-refractivity contribution in [3.8, 4) is 11.5 Å². The number of benzene rings is 4. The molecule has 0 aliphatic heterocycles. The second-order valence-corrected chi connectivity index (χ2v) is 16.0. The Balaban J connectivity index is 0.00000142. The Kier molecular flexibility index (Phi) is 17.7. The number of carboxylic acid groups (broad SMARTS) is 2. The zero-order valence-corrected chi connectivity index (χ0v) is 34.3. The van der Waals surface area contributed by atoms with E-state index in [0.29, 0.717) is 34.3 Å². The van der Waals surface area contributed by atoms with Crippen LogP contribution in [0.1, 0.15) is 116 Å². The minimum absolute atomic E-state index is 0. The van der Waals surface area contributed by atoms with Gasteiger partial charge in [-0.3, -0.25) is 9.98 Å². The molecule has 0 fully saturated rings. The van der Waals surface area contributed by atoms with Crippen molar-refractivity contribution in [2.75, 3.05) is 0 Å². The minimum atomic E-state index is -1.08. The number of hydrogen-bond donors (Lipinski definition) is 2. The summed E-state index contributed by atoms with van der Waals surface area (Å²) in [4.78, 5) is 27.6. The predicted molar refractivity (Wildman–Crippen MR) is 211 cm³/mol. The fraction of sp³-hybridized carbons (Fsp3) is 0.409. The molecule has 4 rings (SSSR count). The Labute approximate surface area is 326 Å². The largest absolute Gasteiger partial charge is 2.00 e. The summed E-state index contributed by atoms with van der Waals surface area (Å²) in [5.41, 5.74) is 6.57. The number of nitrogens with zero attached hydrogens (tertiary/aromatic N) is 2. The van der Waals surface area contributed by atoms with Crippen molar-refractivity contribution < 1.29 is 46.8 Å². The van der Waals surface area contributed by atoms with Crippen LogP contribution in [0.2, 0.25) is 0 Å². The van der Waals surface area contributed by atoms with Gasteiger partial charge in [-0.25, -0.2) is 0 Å². The number of fused-ring (bicyclic) bond motifs is 1. The van der Waals surface area contributed by atoms with Crippen molar-refractivity contribution in [2.24, 2.45) is 21.8 Å². The van der Waals surface area contributed by atoms with Crippen LogP contribution >= 0.6 is 0 Å². The summed E-state index contributed by atoms with van der Waals surface area (Å²) >= 11 is 0. The first-order chi connectivity index (χ1) is 24.0. The Hall–Kier alpha value is -4.47. The third kappa shape index (κ3) is 15.2. The number of carboxylic acids is 2. The van der Waals surface area contributed by atoms with E-state index in [9.17, 15) is 10.2 Å². The normalized spacial score (nSPS) is 11.7. The van der Waals surface area contributed by atoms with Crippen LogP contribution < -0.4 is 10.2 Å². The number of hydrogen-bond acceptors (Lipinski definition) is 8. The molecule has 2 N–H and O–H groups in total. The summed E-state index contributed by atoms with van der Waals surface area (Å²) in [5.74, 6) is -0.650. The maximum absolute atomic E-state index is 11.3. The van der Waals surface area contributed by atoms with Crippen molar-refractivity contribution in [3.05, 3.63) is 94.0 Å². The molecule has 0 saturated heterocycles. The van der Waals surface area contributed by atoms with Crippen molar-refractivity contribution >= 4 is 46.5 Å². The molecule has 53 heavy (non-hydrogen) atoms. The predicted octanol–water partition coefficient (Wildman–Crippen LogP) is 8.25. The van der Waals surface area contributed by atoms with Gasteiger partial charge in [0.1, 0.15) is 11.5 Å². The van der Waals surface area contributed by atoms with E-state index >= 15 is 0 Å². The van der Waals surface area contributed by atoms with Gasteiger partial charge in [0.15, 0.2) is 0 Å². The third-order valence-corrected chi connectivity index (χ3v) is 7.83. The molecule has 0 aliphatic carbocycles. The molecule has 0 saturated carbocycles. The number of phenolic OH excluding ortho intramolecular Hbond substituents is 2. The van der Waals surface area contributed by atoms with Crippen LogP contribution in [0.25, 0.3) is 10.8 Å². The number of carbonyl (C=O) groups is 2. The van der Waals surface area contributed by atoms with Gasteiger partial charge in [-0.15, -0.1) is 0 Å². The average Bonchev–Trinajstić information content (AvgIpc) is 2.98. The topological polar surface area (TPSA) is 145 Å². The Morgan fingerprint density at radius 1 is 0.642 bits per heavy atom. The Bertz CT molecular complexity index is 1770. The molecule has 0 aromatic heterocycles. The average molecular weight is 768 g/mol. The molecule has 0 atom stereocenters. The van der Waals surface area contributed by atoms with E-state index in [1.54, 1.807) is 12.4 Å². The fourth-order valence-corrected chi connectivity index (χ4v) is 5.66. The zero-order chi connectivity index (χ0) is 39.6. The number of rotatable bonds is 8. The van der Waals surface area contributed by atoms with Crippen LogP contribution in [0.4, 0.5) is 11.4 Å². The molecule has 0 bridgehead atoms. The molecular formula is C44H56CoN2O6. The molecule has 0 unspecified atom stereocenters. The molecule has 8 nitrogen and oxygen atoms in total. The summed E-state index contributed by atoms with van der Waals surface area (Å²) in [6.07, 6.45) is 5.36. The van der Waals surface area contributed by atoms with Crippen LogP contribution in [0, 0.1) is 11.8 Å². The van der Waals surface area contributed by atoms with E-state index in [-0.39, 0.29) is 39.1 Å². The number of aliphatic carboxylic acids is 2. The van der Waals surface area contributed by atoms with E-state index < -0.39 is 11.9 Å². The van der Waals surface area contributed by atoms with Crippen molar-refractivity contribution in [1.82, 2.24) is 0 Å². The molecule has 4 aromatic rings. The maximum Gasteiger partial charge on any atom is 2.00 e. The first kappa shape index (κ1) is 46.5. The van der Waals surface area contributed by atoms with Crippen LogP contribution in [-0.2, 0) is 50.0 Å². The molecular weight excluding hydrogens is 711 g/mol. The summed E-state index contributed by atoms with van der Waals surface area (Å²) in [7, 11) is 0. The summed E-state index contributed by atoms with van der Waals surface area (Å²) in [5, 5.41) is 42.5. The first-order valence-electron chi connectivity index (χ1n) is 17.7. The quantitative estimate of drug-likeness (QED) is 0.173. The molecule has 4 aromatic carbocycles. The molecule has 0 aliphatic rings. The molecule has 9 heteroatoms. The maximum atomic E-state index is 11.3. The summed E-state index contributed by atoms with van der Waals surface area (Å²) in [6.45, 7) is 23.5. The number of phenols is 2. The smallest absolute Gasteiger partial charge is 0.550 e. The second-order valence-electron chi connectivity index (χ2n) is 16.0. The standard InChI is InChI=1S/C40H50N2O2.2C2H4O2.Co/c1-25(2)15-27-17-31(37(43)33(19-27)39(5,6)7)23-41-35-21-29-13-11-12-14-30(29)22-36(35)42-24-32-18-28(16-26(3)4)20-34(38(32)44)40(8,9)10;2*1-2(3)4;/h11-14,17-26,43-44H,15-16H2,1-10H3;2*1H3,(H,3,4);/q;;;+2/p-2. The van der Waals surface area contributed by atoms with Gasteiger partial charge in [-0.1, -0.05) is 106 Å². The van der Waals surface area contributed by atoms with Gasteiger partial charge in [0.25, 0.3) is 0 Å². The van der Waals surface area contributed by atoms with E-state index in [1.165, 1.54) is 11.1 Å². The van der Waals surface area contributed by atoms with E-state index in [4.69, 9.17) is 29.8 Å². The third-order valence-electron chi connectivity index (χ3n) is 7.83. The minimum Gasteiger partial charge on any atom is -0.550 e. The van der Waals surface area contributed by atoms with Crippen LogP contribution in [0.5, 0.6) is 11.5 Å². The van der Waals surface area contributed by atoms with Gasteiger partial charge in [0.2, 0.25) is 0 Å². The Morgan fingerprint density at radius 3 is 1.21 bits per heavy atom. The SMILES string of the molecule is CC(=O)[O-].CC(=O)[O-].CC(C)Cc1cc(C=Nc2cc3ccccc3cc2N=Cc2cc(CC(C)C)cc(C(C)(C)C)c2O)c(O)c(C(C)(C)C)c1.[Co+2]. The molecule has 1 radical (unpaired) electrons. The van der Waals surface area contributed by atoms with Crippen molar-refractivity contribution in [1.29, 1.82) is 0 Å². The van der Waals surface area contributed by atoms with Gasteiger partial charge >= 0.3 is 16.8 Å². The van der Waals surface area contributed by atoms with Crippen molar-refractivity contribution in [3.63, 3.8) is 0 Å². The molecule has 0 heterocycles. The molecule has 0 spiro atoms. The fourth-order valence-electron chi connectivity index (χ4n) is 5.66. The van der Waals surface area contributed by atoms with E-state index in [1.807, 2.05) is 36.4 Å². The van der Waals surface area contributed by atoms with Gasteiger partial charge < -0.3 is 30.0 Å². The molecule has 287 valence electrons.